The summed E-state index contributed by atoms with van der Waals surface area (Å²) in [4.78, 5) is 12.7. The molecular weight excluding hydrogens is 500 g/mol. The van der Waals surface area contributed by atoms with E-state index in [1.807, 2.05) is 6.07 Å². The topological polar surface area (TPSA) is 85.0 Å². The molecule has 2 amide bonds. The number of benzene rings is 3. The highest BCUT2D eigenvalue weighted by Crippen LogP contribution is 2.34. The first-order chi connectivity index (χ1) is 16.3. The highest BCUT2D eigenvalue weighted by Gasteiger charge is 2.20. The standard InChI is InChI=1S/C24H19Cl3FN5O/c25-16-4-2-15(3-5-16)21-22(23(29)33(32-21)19-9-7-18(28)8-10-19)31-24(34)30-12-11-14-1-6-17(26)13-20(14)27/h1-10,13H,11-12,29H2,(H2,30,31,34). The second kappa shape index (κ2) is 10.3. The fraction of sp³-hybridized carbons (Fsp3) is 0.0833. The molecule has 0 bridgehead atoms. The van der Waals surface area contributed by atoms with Gasteiger partial charge < -0.3 is 16.4 Å². The van der Waals surface area contributed by atoms with E-state index >= 15 is 0 Å². The molecule has 4 aromatic rings. The van der Waals surface area contributed by atoms with Crippen LogP contribution in [0.2, 0.25) is 15.1 Å². The minimum absolute atomic E-state index is 0.187. The Bertz CT molecular complexity index is 1320. The van der Waals surface area contributed by atoms with Crippen molar-refractivity contribution < 1.29 is 9.18 Å². The van der Waals surface area contributed by atoms with Crippen LogP contribution in [0.5, 0.6) is 0 Å². The van der Waals surface area contributed by atoms with Crippen LogP contribution >= 0.6 is 34.8 Å². The normalized spacial score (nSPS) is 10.8. The zero-order chi connectivity index (χ0) is 24.2. The van der Waals surface area contributed by atoms with Crippen LogP contribution in [0.3, 0.4) is 0 Å². The number of nitrogens with one attached hydrogen (secondary N) is 2. The number of hydrogen-bond donors (Lipinski definition) is 3. The predicted octanol–water partition coefficient (Wildman–Crippen LogP) is 6.59. The van der Waals surface area contributed by atoms with E-state index in [0.29, 0.717) is 50.7 Å². The average molecular weight is 519 g/mol. The number of halogens is 4. The third-order valence-electron chi connectivity index (χ3n) is 5.04. The number of urea groups is 1. The largest absolute Gasteiger partial charge is 0.382 e. The number of anilines is 2. The molecule has 0 unspecified atom stereocenters. The first kappa shape index (κ1) is 23.9. The molecular formula is C24H19Cl3FN5O. The summed E-state index contributed by atoms with van der Waals surface area (Å²) in [6.45, 7) is 0.329. The summed E-state index contributed by atoms with van der Waals surface area (Å²) in [5.41, 5.74) is 9.20. The Morgan fingerprint density at radius 3 is 2.32 bits per heavy atom. The third-order valence-corrected chi connectivity index (χ3v) is 5.88. The van der Waals surface area contributed by atoms with Gasteiger partial charge in [-0.25, -0.2) is 13.9 Å². The number of nitrogen functional groups attached to an aromatic ring is 1. The maximum Gasteiger partial charge on any atom is 0.319 e. The molecule has 0 saturated heterocycles. The maximum absolute atomic E-state index is 13.4. The zero-order valence-corrected chi connectivity index (χ0v) is 19.9. The van der Waals surface area contributed by atoms with Crippen molar-refractivity contribution in [2.45, 2.75) is 6.42 Å². The molecule has 0 aliphatic heterocycles. The first-order valence-electron chi connectivity index (χ1n) is 10.2. The van der Waals surface area contributed by atoms with Crippen molar-refractivity contribution >= 4 is 52.3 Å². The monoisotopic (exact) mass is 517 g/mol. The van der Waals surface area contributed by atoms with Gasteiger partial charge in [-0.05, 0) is 60.5 Å². The van der Waals surface area contributed by atoms with E-state index in [1.165, 1.54) is 16.8 Å². The third kappa shape index (κ3) is 5.44. The van der Waals surface area contributed by atoms with Gasteiger partial charge in [0.25, 0.3) is 0 Å². The number of carbonyl (C=O) groups is 1. The Morgan fingerprint density at radius 1 is 0.971 bits per heavy atom. The summed E-state index contributed by atoms with van der Waals surface area (Å²) in [5, 5.41) is 11.8. The minimum atomic E-state index is -0.467. The highest BCUT2D eigenvalue weighted by molar-refractivity contribution is 6.35. The number of rotatable bonds is 6. The molecule has 4 rings (SSSR count). The smallest absolute Gasteiger partial charge is 0.319 e. The van der Waals surface area contributed by atoms with Crippen LogP contribution < -0.4 is 16.4 Å². The molecule has 1 heterocycles. The van der Waals surface area contributed by atoms with E-state index in [-0.39, 0.29) is 11.6 Å². The molecule has 0 saturated carbocycles. The van der Waals surface area contributed by atoms with Crippen molar-refractivity contribution in [1.29, 1.82) is 0 Å². The molecule has 0 spiro atoms. The van der Waals surface area contributed by atoms with Crippen molar-refractivity contribution in [3.8, 4) is 16.9 Å². The lowest BCUT2D eigenvalue weighted by molar-refractivity contribution is 0.252. The summed E-state index contributed by atoms with van der Waals surface area (Å²) < 4.78 is 14.8. The summed E-state index contributed by atoms with van der Waals surface area (Å²) >= 11 is 18.1. The number of amides is 2. The number of nitrogens with two attached hydrogens (primary N) is 1. The second-order valence-corrected chi connectivity index (χ2v) is 8.65. The summed E-state index contributed by atoms with van der Waals surface area (Å²) in [6.07, 6.45) is 0.512. The zero-order valence-electron chi connectivity index (χ0n) is 17.7. The number of aromatic nitrogens is 2. The molecule has 0 aliphatic carbocycles. The lowest BCUT2D eigenvalue weighted by atomic mass is 10.1. The van der Waals surface area contributed by atoms with Gasteiger partial charge in [-0.3, -0.25) is 0 Å². The van der Waals surface area contributed by atoms with Crippen LogP contribution in [0.4, 0.5) is 20.7 Å². The van der Waals surface area contributed by atoms with E-state index in [2.05, 4.69) is 15.7 Å². The van der Waals surface area contributed by atoms with Gasteiger partial charge in [0.05, 0.1) is 5.69 Å². The lowest BCUT2D eigenvalue weighted by Crippen LogP contribution is -2.30. The van der Waals surface area contributed by atoms with Gasteiger partial charge in [-0.1, -0.05) is 53.0 Å². The van der Waals surface area contributed by atoms with Gasteiger partial charge in [0.2, 0.25) is 0 Å². The molecule has 6 nitrogen and oxygen atoms in total. The van der Waals surface area contributed by atoms with Gasteiger partial charge in [-0.15, -0.1) is 0 Å². The molecule has 3 aromatic carbocycles. The predicted molar refractivity (Wildman–Crippen MR) is 136 cm³/mol. The number of hydrogen-bond acceptors (Lipinski definition) is 3. The quantitative estimate of drug-likeness (QED) is 0.269. The Labute approximate surface area is 210 Å². The van der Waals surface area contributed by atoms with Crippen LogP contribution in [-0.4, -0.2) is 22.4 Å². The summed E-state index contributed by atoms with van der Waals surface area (Å²) in [6, 6.07) is 17.4. The summed E-state index contributed by atoms with van der Waals surface area (Å²) in [7, 11) is 0. The maximum atomic E-state index is 13.4. The van der Waals surface area contributed by atoms with Crippen molar-refractivity contribution in [1.82, 2.24) is 15.1 Å². The molecule has 174 valence electrons. The first-order valence-corrected chi connectivity index (χ1v) is 11.3. The van der Waals surface area contributed by atoms with E-state index in [4.69, 9.17) is 40.5 Å². The van der Waals surface area contributed by atoms with Gasteiger partial charge in [0.1, 0.15) is 17.2 Å². The molecule has 0 aliphatic rings. The SMILES string of the molecule is Nc1c(NC(=O)NCCc2ccc(Cl)cc2Cl)c(-c2ccc(Cl)cc2)nn1-c1ccc(F)cc1. The van der Waals surface area contributed by atoms with Crippen LogP contribution in [0.25, 0.3) is 16.9 Å². The molecule has 4 N–H and O–H groups in total. The van der Waals surface area contributed by atoms with Gasteiger partial charge in [-0.2, -0.15) is 5.10 Å². The molecule has 0 fully saturated rings. The van der Waals surface area contributed by atoms with E-state index in [9.17, 15) is 9.18 Å². The van der Waals surface area contributed by atoms with Crippen molar-refractivity contribution in [2.24, 2.45) is 0 Å². The van der Waals surface area contributed by atoms with Crippen LogP contribution in [0.15, 0.2) is 66.7 Å². The van der Waals surface area contributed by atoms with Crippen molar-refractivity contribution in [3.05, 3.63) is 93.2 Å². The van der Waals surface area contributed by atoms with Gasteiger partial charge >= 0.3 is 6.03 Å². The molecule has 0 radical (unpaired) electrons. The highest BCUT2D eigenvalue weighted by atomic mass is 35.5. The van der Waals surface area contributed by atoms with Crippen LogP contribution in [0, 0.1) is 5.82 Å². The fourth-order valence-corrected chi connectivity index (χ4v) is 3.97. The molecule has 34 heavy (non-hydrogen) atoms. The Balaban J connectivity index is 1.57. The van der Waals surface area contributed by atoms with Gasteiger partial charge in [0, 0.05) is 27.2 Å². The second-order valence-electron chi connectivity index (χ2n) is 7.37. The number of nitrogens with zero attached hydrogens (tertiary/aromatic N) is 2. The average Bonchev–Trinajstić information content (AvgIpc) is 3.12. The lowest BCUT2D eigenvalue weighted by Gasteiger charge is -2.10. The van der Waals surface area contributed by atoms with Crippen LogP contribution in [-0.2, 0) is 6.42 Å². The van der Waals surface area contributed by atoms with Crippen LogP contribution in [0.1, 0.15) is 5.56 Å². The molecule has 10 heteroatoms. The Hall–Kier alpha value is -3.26. The summed E-state index contributed by atoms with van der Waals surface area (Å²) in [5.74, 6) is -0.196. The fourth-order valence-electron chi connectivity index (χ4n) is 3.34. The van der Waals surface area contributed by atoms with Crippen molar-refractivity contribution in [3.63, 3.8) is 0 Å². The Kier molecular flexibility index (Phi) is 7.26. The molecule has 1 aromatic heterocycles. The minimum Gasteiger partial charge on any atom is -0.382 e. The van der Waals surface area contributed by atoms with E-state index in [1.54, 1.807) is 48.5 Å². The van der Waals surface area contributed by atoms with E-state index < -0.39 is 6.03 Å². The van der Waals surface area contributed by atoms with E-state index in [0.717, 1.165) is 5.56 Å². The van der Waals surface area contributed by atoms with Gasteiger partial charge in [0.15, 0.2) is 5.82 Å². The van der Waals surface area contributed by atoms with Crippen molar-refractivity contribution in [2.75, 3.05) is 17.6 Å². The Morgan fingerprint density at radius 2 is 1.65 bits per heavy atom. The molecule has 0 atom stereocenters. The number of carbonyl (C=O) groups excluding carboxylic acids is 1.